The van der Waals surface area contributed by atoms with Crippen molar-refractivity contribution >= 4 is 32.8 Å². The normalized spacial score (nSPS) is 10.6. The molecule has 1 N–H and O–H groups in total. The number of H-pyrrole nitrogens is 1. The third kappa shape index (κ3) is 1.74. The van der Waals surface area contributed by atoms with Crippen molar-refractivity contribution in [2.75, 3.05) is 7.11 Å². The number of esters is 1. The standard InChI is InChI=1S/C10H7BrFNO2/c1-15-10(14)9-4-6-7(11)2-5(12)3-8(6)13-9/h2-4,13H,1H3. The van der Waals surface area contributed by atoms with Gasteiger partial charge in [0.2, 0.25) is 0 Å². The van der Waals surface area contributed by atoms with Crippen molar-refractivity contribution in [2.24, 2.45) is 0 Å². The number of rotatable bonds is 1. The Balaban J connectivity index is 2.65. The van der Waals surface area contributed by atoms with Crippen molar-refractivity contribution in [3.8, 4) is 0 Å². The van der Waals surface area contributed by atoms with Crippen LogP contribution in [-0.4, -0.2) is 18.1 Å². The molecule has 2 rings (SSSR count). The van der Waals surface area contributed by atoms with Gasteiger partial charge in [-0.3, -0.25) is 0 Å². The fourth-order valence-electron chi connectivity index (χ4n) is 1.38. The second kappa shape index (κ2) is 3.66. The van der Waals surface area contributed by atoms with Crippen LogP contribution in [0.25, 0.3) is 10.9 Å². The number of carbonyl (C=O) groups excluding carboxylic acids is 1. The molecular formula is C10H7BrFNO2. The third-order valence-electron chi connectivity index (χ3n) is 2.06. The monoisotopic (exact) mass is 271 g/mol. The summed E-state index contributed by atoms with van der Waals surface area (Å²) >= 11 is 3.22. The van der Waals surface area contributed by atoms with E-state index in [9.17, 15) is 9.18 Å². The fourth-order valence-corrected chi connectivity index (χ4v) is 1.93. The van der Waals surface area contributed by atoms with Gasteiger partial charge < -0.3 is 9.72 Å². The first-order chi connectivity index (χ1) is 7.11. The minimum atomic E-state index is -0.474. The molecule has 0 fully saturated rings. The van der Waals surface area contributed by atoms with E-state index in [-0.39, 0.29) is 5.82 Å². The summed E-state index contributed by atoms with van der Waals surface area (Å²) in [5, 5.41) is 0.747. The molecule has 0 saturated carbocycles. The zero-order chi connectivity index (χ0) is 11.0. The quantitative estimate of drug-likeness (QED) is 0.811. The van der Waals surface area contributed by atoms with E-state index in [1.807, 2.05) is 0 Å². The Bertz CT molecular complexity index is 535. The number of benzene rings is 1. The molecule has 1 aromatic carbocycles. The van der Waals surface area contributed by atoms with Gasteiger partial charge in [0.1, 0.15) is 11.5 Å². The van der Waals surface area contributed by atoms with Gasteiger partial charge in [0.25, 0.3) is 0 Å². The van der Waals surface area contributed by atoms with Crippen LogP contribution in [0.15, 0.2) is 22.7 Å². The molecule has 1 heterocycles. The average molecular weight is 272 g/mol. The summed E-state index contributed by atoms with van der Waals surface area (Å²) in [4.78, 5) is 14.0. The SMILES string of the molecule is COC(=O)c1cc2c(Br)cc(F)cc2[nH]1. The lowest BCUT2D eigenvalue weighted by Crippen LogP contribution is -2.00. The lowest BCUT2D eigenvalue weighted by atomic mass is 10.2. The number of fused-ring (bicyclic) bond motifs is 1. The first-order valence-corrected chi connectivity index (χ1v) is 4.97. The van der Waals surface area contributed by atoms with Gasteiger partial charge in [-0.15, -0.1) is 0 Å². The summed E-state index contributed by atoms with van der Waals surface area (Å²) in [5.41, 5.74) is 0.862. The van der Waals surface area contributed by atoms with Crippen LogP contribution in [-0.2, 0) is 4.74 Å². The first kappa shape index (κ1) is 10.2. The molecule has 3 nitrogen and oxygen atoms in total. The van der Waals surface area contributed by atoms with Crippen LogP contribution < -0.4 is 0 Å². The third-order valence-corrected chi connectivity index (χ3v) is 2.71. The number of aromatic amines is 1. The molecule has 2 aromatic rings. The highest BCUT2D eigenvalue weighted by atomic mass is 79.9. The number of hydrogen-bond acceptors (Lipinski definition) is 2. The van der Waals surface area contributed by atoms with Crippen LogP contribution in [0.3, 0.4) is 0 Å². The maximum absolute atomic E-state index is 13.0. The molecule has 0 bridgehead atoms. The van der Waals surface area contributed by atoms with Crippen molar-refractivity contribution in [1.29, 1.82) is 0 Å². The van der Waals surface area contributed by atoms with E-state index >= 15 is 0 Å². The Labute approximate surface area is 93.4 Å². The first-order valence-electron chi connectivity index (χ1n) is 4.18. The summed E-state index contributed by atoms with van der Waals surface area (Å²) in [6.45, 7) is 0. The fraction of sp³-hybridized carbons (Fsp3) is 0.100. The zero-order valence-corrected chi connectivity index (χ0v) is 9.39. The summed E-state index contributed by atoms with van der Waals surface area (Å²) in [5.74, 6) is -0.842. The molecule has 78 valence electrons. The molecule has 0 amide bonds. The van der Waals surface area contributed by atoms with Crippen LogP contribution >= 0.6 is 15.9 Å². The van der Waals surface area contributed by atoms with Crippen molar-refractivity contribution < 1.29 is 13.9 Å². The Morgan fingerprint density at radius 1 is 1.47 bits per heavy atom. The summed E-state index contributed by atoms with van der Waals surface area (Å²) in [6.07, 6.45) is 0. The maximum atomic E-state index is 13.0. The molecule has 0 saturated heterocycles. The molecule has 0 radical (unpaired) electrons. The molecule has 15 heavy (non-hydrogen) atoms. The molecule has 0 spiro atoms. The van der Waals surface area contributed by atoms with Crippen molar-refractivity contribution in [1.82, 2.24) is 4.98 Å². The van der Waals surface area contributed by atoms with Crippen LogP contribution in [0, 0.1) is 5.82 Å². The van der Waals surface area contributed by atoms with Crippen LogP contribution in [0.5, 0.6) is 0 Å². The smallest absolute Gasteiger partial charge is 0.354 e. The second-order valence-corrected chi connectivity index (χ2v) is 3.88. The van der Waals surface area contributed by atoms with Gasteiger partial charge >= 0.3 is 5.97 Å². The Hall–Kier alpha value is -1.36. The lowest BCUT2D eigenvalue weighted by molar-refractivity contribution is 0.0595. The topological polar surface area (TPSA) is 42.1 Å². The molecule has 0 aliphatic rings. The van der Waals surface area contributed by atoms with Crippen LogP contribution in [0.2, 0.25) is 0 Å². The predicted molar refractivity (Wildman–Crippen MR) is 57.3 cm³/mol. The number of halogens is 2. The molecule has 0 aliphatic carbocycles. The van der Waals surface area contributed by atoms with Crippen molar-refractivity contribution in [3.05, 3.63) is 34.2 Å². The predicted octanol–water partition coefficient (Wildman–Crippen LogP) is 2.86. The Morgan fingerprint density at radius 3 is 2.87 bits per heavy atom. The highest BCUT2D eigenvalue weighted by Crippen LogP contribution is 2.26. The molecule has 5 heteroatoms. The van der Waals surface area contributed by atoms with E-state index < -0.39 is 5.97 Å². The van der Waals surface area contributed by atoms with E-state index in [1.165, 1.54) is 19.2 Å². The minimum Gasteiger partial charge on any atom is -0.464 e. The minimum absolute atomic E-state index is 0.304. The Kier molecular flexibility index (Phi) is 2.48. The summed E-state index contributed by atoms with van der Waals surface area (Å²) < 4.78 is 18.2. The number of hydrogen-bond donors (Lipinski definition) is 1. The highest BCUT2D eigenvalue weighted by Gasteiger charge is 2.11. The van der Waals surface area contributed by atoms with Gasteiger partial charge in [0, 0.05) is 9.86 Å². The van der Waals surface area contributed by atoms with Gasteiger partial charge in [0.05, 0.1) is 12.6 Å². The van der Waals surface area contributed by atoms with Gasteiger partial charge in [-0.2, -0.15) is 0 Å². The molecule has 1 aromatic heterocycles. The Morgan fingerprint density at radius 2 is 2.20 bits per heavy atom. The zero-order valence-electron chi connectivity index (χ0n) is 7.80. The number of aromatic nitrogens is 1. The van der Waals surface area contributed by atoms with Gasteiger partial charge in [-0.25, -0.2) is 9.18 Å². The van der Waals surface area contributed by atoms with Gasteiger partial charge in [0.15, 0.2) is 0 Å². The number of methoxy groups -OCH3 is 1. The van der Waals surface area contributed by atoms with Gasteiger partial charge in [-0.05, 0) is 34.1 Å². The van der Waals surface area contributed by atoms with Crippen molar-refractivity contribution in [2.45, 2.75) is 0 Å². The van der Waals surface area contributed by atoms with E-state index in [0.29, 0.717) is 15.7 Å². The number of nitrogens with one attached hydrogen (secondary N) is 1. The summed E-state index contributed by atoms with van der Waals surface area (Å²) in [6, 6.07) is 4.29. The van der Waals surface area contributed by atoms with E-state index in [2.05, 4.69) is 25.7 Å². The van der Waals surface area contributed by atoms with E-state index in [4.69, 9.17) is 0 Å². The van der Waals surface area contributed by atoms with E-state index in [1.54, 1.807) is 6.07 Å². The van der Waals surface area contributed by atoms with Crippen LogP contribution in [0.4, 0.5) is 4.39 Å². The molecule has 0 aliphatic heterocycles. The number of carbonyl (C=O) groups is 1. The summed E-state index contributed by atoms with van der Waals surface area (Å²) in [7, 11) is 1.30. The maximum Gasteiger partial charge on any atom is 0.354 e. The van der Waals surface area contributed by atoms with Gasteiger partial charge in [-0.1, -0.05) is 0 Å². The highest BCUT2D eigenvalue weighted by molar-refractivity contribution is 9.10. The molecular weight excluding hydrogens is 265 g/mol. The lowest BCUT2D eigenvalue weighted by Gasteiger charge is -1.93. The van der Waals surface area contributed by atoms with E-state index in [0.717, 1.165) is 5.39 Å². The largest absolute Gasteiger partial charge is 0.464 e. The molecule has 0 atom stereocenters. The average Bonchev–Trinajstić information content (AvgIpc) is 2.60. The van der Waals surface area contributed by atoms with Crippen molar-refractivity contribution in [3.63, 3.8) is 0 Å². The molecule has 0 unspecified atom stereocenters. The van der Waals surface area contributed by atoms with Crippen LogP contribution in [0.1, 0.15) is 10.5 Å². The number of ether oxygens (including phenoxy) is 1. The second-order valence-electron chi connectivity index (χ2n) is 3.02.